The van der Waals surface area contributed by atoms with Crippen molar-refractivity contribution >= 4 is 5.78 Å². The number of likely N-dealkylation sites (tertiary alicyclic amines) is 1. The molecule has 0 saturated carbocycles. The molecule has 0 spiro atoms. The van der Waals surface area contributed by atoms with E-state index in [1.807, 2.05) is 18.2 Å². The number of carbonyl (C=O) groups excluding carboxylic acids is 1. The maximum Gasteiger partial charge on any atom is 0.240 e. The number of ether oxygens (including phenoxy) is 2. The number of carbonyl (C=O) groups is 1. The average Bonchev–Trinajstić information content (AvgIpc) is 3.13. The molecule has 28 heavy (non-hydrogen) atoms. The number of ketones is 1. The second kappa shape index (κ2) is 8.31. The van der Waals surface area contributed by atoms with Crippen LogP contribution in [0.1, 0.15) is 48.8 Å². The molecule has 1 saturated heterocycles. The van der Waals surface area contributed by atoms with E-state index in [1.54, 1.807) is 0 Å². The second-order valence-electron chi connectivity index (χ2n) is 7.98. The third-order valence-corrected chi connectivity index (χ3v) is 5.24. The number of nitrogens with zero attached hydrogens (tertiary/aromatic N) is 3. The third-order valence-electron chi connectivity index (χ3n) is 5.24. The summed E-state index contributed by atoms with van der Waals surface area (Å²) in [5.74, 6) is 3.55. The lowest BCUT2D eigenvalue weighted by atomic mass is 9.88. The molecule has 0 radical (unpaired) electrons. The number of hydrogen-bond donors (Lipinski definition) is 0. The highest BCUT2D eigenvalue weighted by Crippen LogP contribution is 2.32. The van der Waals surface area contributed by atoms with Crippen LogP contribution in [0.5, 0.6) is 11.5 Å². The number of rotatable bonds is 6. The highest BCUT2D eigenvalue weighted by Gasteiger charge is 2.27. The van der Waals surface area contributed by atoms with Gasteiger partial charge in [0.05, 0.1) is 6.54 Å². The Morgan fingerprint density at radius 1 is 1.18 bits per heavy atom. The summed E-state index contributed by atoms with van der Waals surface area (Å²) in [6.45, 7) is 7.70. The molecule has 1 aromatic heterocycles. The molecular formula is C21H27N3O4. The van der Waals surface area contributed by atoms with E-state index < -0.39 is 0 Å². The quantitative estimate of drug-likeness (QED) is 0.707. The molecule has 7 heteroatoms. The first-order valence-corrected chi connectivity index (χ1v) is 10.1. The number of piperidine rings is 1. The minimum Gasteiger partial charge on any atom is -0.486 e. The van der Waals surface area contributed by atoms with E-state index in [4.69, 9.17) is 14.0 Å². The molecule has 150 valence electrons. The van der Waals surface area contributed by atoms with E-state index in [9.17, 15) is 4.79 Å². The molecule has 2 aliphatic heterocycles. The zero-order chi connectivity index (χ0) is 19.5. The Labute approximate surface area is 165 Å². The van der Waals surface area contributed by atoms with Crippen LogP contribution >= 0.6 is 0 Å². The average molecular weight is 385 g/mol. The maximum absolute atomic E-state index is 12.9. The van der Waals surface area contributed by atoms with E-state index in [0.717, 1.165) is 38.2 Å². The van der Waals surface area contributed by atoms with Crippen molar-refractivity contribution in [2.45, 2.75) is 39.7 Å². The first-order chi connectivity index (χ1) is 13.6. The monoisotopic (exact) mass is 385 g/mol. The Hall–Kier alpha value is -2.41. The summed E-state index contributed by atoms with van der Waals surface area (Å²) in [5, 5.41) is 4.05. The molecule has 0 amide bonds. The Kier molecular flexibility index (Phi) is 5.62. The van der Waals surface area contributed by atoms with Crippen LogP contribution in [-0.4, -0.2) is 47.1 Å². The van der Waals surface area contributed by atoms with Crippen molar-refractivity contribution in [1.82, 2.24) is 15.0 Å². The highest BCUT2D eigenvalue weighted by molar-refractivity contribution is 5.98. The van der Waals surface area contributed by atoms with Crippen molar-refractivity contribution < 1.29 is 18.8 Å². The van der Waals surface area contributed by atoms with Gasteiger partial charge in [0.2, 0.25) is 5.89 Å². The molecule has 1 fully saturated rings. The molecule has 2 aliphatic rings. The molecule has 0 bridgehead atoms. The molecule has 4 rings (SSSR count). The van der Waals surface area contributed by atoms with E-state index in [-0.39, 0.29) is 11.7 Å². The number of Topliss-reactive ketones (excluding diaryl/α,β-unsaturated/α-hetero) is 1. The highest BCUT2D eigenvalue weighted by atomic mass is 16.6. The van der Waals surface area contributed by atoms with Gasteiger partial charge >= 0.3 is 0 Å². The smallest absolute Gasteiger partial charge is 0.240 e. The SMILES string of the molecule is CC(C)Cc1noc(CN2CCC(C(=O)c3ccc4c(c3)OCCO4)CC2)n1. The van der Waals surface area contributed by atoms with Crippen LogP contribution in [0, 0.1) is 11.8 Å². The van der Waals surface area contributed by atoms with Crippen molar-refractivity contribution in [3.05, 3.63) is 35.5 Å². The minimum absolute atomic E-state index is 0.0398. The summed E-state index contributed by atoms with van der Waals surface area (Å²) in [6.07, 6.45) is 2.50. The van der Waals surface area contributed by atoms with E-state index in [1.165, 1.54) is 0 Å². The second-order valence-corrected chi connectivity index (χ2v) is 7.98. The lowest BCUT2D eigenvalue weighted by Gasteiger charge is -2.30. The standard InChI is InChI=1S/C21H27N3O4/c1-14(2)11-19-22-20(28-23-19)13-24-7-5-15(6-8-24)21(25)16-3-4-17-18(12-16)27-10-9-26-17/h3-4,12,14-15H,5-11,13H2,1-2H3. The van der Waals surface area contributed by atoms with Gasteiger partial charge in [0.1, 0.15) is 13.2 Å². The van der Waals surface area contributed by atoms with E-state index in [2.05, 4.69) is 28.9 Å². The van der Waals surface area contributed by atoms with E-state index in [0.29, 0.717) is 48.6 Å². The molecule has 3 heterocycles. The van der Waals surface area contributed by atoms with Gasteiger partial charge < -0.3 is 14.0 Å². The van der Waals surface area contributed by atoms with Crippen LogP contribution in [0.25, 0.3) is 0 Å². The van der Waals surface area contributed by atoms with Crippen molar-refractivity contribution in [2.24, 2.45) is 11.8 Å². The van der Waals surface area contributed by atoms with Crippen molar-refractivity contribution in [1.29, 1.82) is 0 Å². The van der Waals surface area contributed by atoms with Gasteiger partial charge in [-0.1, -0.05) is 19.0 Å². The summed E-state index contributed by atoms with van der Waals surface area (Å²) in [5.41, 5.74) is 0.706. The third kappa shape index (κ3) is 4.35. The van der Waals surface area contributed by atoms with Gasteiger partial charge in [0.25, 0.3) is 0 Å². The molecular weight excluding hydrogens is 358 g/mol. The molecule has 0 atom stereocenters. The number of benzene rings is 1. The van der Waals surface area contributed by atoms with Gasteiger partial charge in [-0.05, 0) is 50.0 Å². The van der Waals surface area contributed by atoms with Crippen LogP contribution in [0.4, 0.5) is 0 Å². The summed E-state index contributed by atoms with van der Waals surface area (Å²) >= 11 is 0. The van der Waals surface area contributed by atoms with Gasteiger partial charge in [-0.3, -0.25) is 9.69 Å². The first-order valence-electron chi connectivity index (χ1n) is 10.1. The van der Waals surface area contributed by atoms with Crippen molar-refractivity contribution in [3.8, 4) is 11.5 Å². The fraction of sp³-hybridized carbons (Fsp3) is 0.571. The zero-order valence-electron chi connectivity index (χ0n) is 16.5. The molecule has 0 unspecified atom stereocenters. The van der Waals surface area contributed by atoms with Crippen LogP contribution in [0.2, 0.25) is 0 Å². The fourth-order valence-corrected chi connectivity index (χ4v) is 3.78. The molecule has 7 nitrogen and oxygen atoms in total. The Morgan fingerprint density at radius 3 is 2.68 bits per heavy atom. The van der Waals surface area contributed by atoms with Crippen molar-refractivity contribution in [2.75, 3.05) is 26.3 Å². The number of fused-ring (bicyclic) bond motifs is 1. The lowest BCUT2D eigenvalue weighted by molar-refractivity contribution is 0.0824. The summed E-state index contributed by atoms with van der Waals surface area (Å²) in [6, 6.07) is 5.50. The normalized spacial score (nSPS) is 17.8. The van der Waals surface area contributed by atoms with Gasteiger partial charge in [0.15, 0.2) is 23.1 Å². The van der Waals surface area contributed by atoms with Gasteiger partial charge in [0, 0.05) is 17.9 Å². The van der Waals surface area contributed by atoms with Crippen LogP contribution < -0.4 is 9.47 Å². The predicted octanol–water partition coefficient (Wildman–Crippen LogP) is 3.13. The number of hydrogen-bond acceptors (Lipinski definition) is 7. The first kappa shape index (κ1) is 18.9. The number of aromatic nitrogens is 2. The van der Waals surface area contributed by atoms with Gasteiger partial charge in [-0.15, -0.1) is 0 Å². The minimum atomic E-state index is 0.0398. The maximum atomic E-state index is 12.9. The summed E-state index contributed by atoms with van der Waals surface area (Å²) in [7, 11) is 0. The lowest BCUT2D eigenvalue weighted by Crippen LogP contribution is -2.36. The van der Waals surface area contributed by atoms with Crippen LogP contribution in [0.15, 0.2) is 22.7 Å². The van der Waals surface area contributed by atoms with Crippen molar-refractivity contribution in [3.63, 3.8) is 0 Å². The van der Waals surface area contributed by atoms with Gasteiger partial charge in [-0.2, -0.15) is 4.98 Å². The molecule has 2 aromatic rings. The summed E-state index contributed by atoms with van der Waals surface area (Å²) in [4.78, 5) is 19.7. The topological polar surface area (TPSA) is 77.7 Å². The molecule has 0 aliphatic carbocycles. The predicted molar refractivity (Wildman–Crippen MR) is 103 cm³/mol. The molecule has 1 aromatic carbocycles. The van der Waals surface area contributed by atoms with Crippen LogP contribution in [0.3, 0.4) is 0 Å². The van der Waals surface area contributed by atoms with E-state index >= 15 is 0 Å². The zero-order valence-corrected chi connectivity index (χ0v) is 16.5. The Bertz CT molecular complexity index is 825. The Morgan fingerprint density at radius 2 is 1.93 bits per heavy atom. The Balaban J connectivity index is 1.31. The molecule has 0 N–H and O–H groups in total. The fourth-order valence-electron chi connectivity index (χ4n) is 3.78. The largest absolute Gasteiger partial charge is 0.486 e. The summed E-state index contributed by atoms with van der Waals surface area (Å²) < 4.78 is 16.5. The van der Waals surface area contributed by atoms with Gasteiger partial charge in [-0.25, -0.2) is 0 Å². The van der Waals surface area contributed by atoms with Crippen LogP contribution in [-0.2, 0) is 13.0 Å².